The smallest absolute Gasteiger partial charge is 0.141 e. The van der Waals surface area contributed by atoms with E-state index in [0.717, 1.165) is 49.6 Å². The molecule has 2 aromatic rings. The number of nitrogens with zero attached hydrogens (tertiary/aromatic N) is 2. The predicted octanol–water partition coefficient (Wildman–Crippen LogP) is 3.33. The van der Waals surface area contributed by atoms with Crippen LogP contribution in [0.4, 0.5) is 11.4 Å². The number of aliphatic imine (C=N–C) groups is 1. The van der Waals surface area contributed by atoms with Crippen molar-refractivity contribution in [1.29, 1.82) is 0 Å². The Morgan fingerprint density at radius 2 is 2.13 bits per heavy atom. The molecule has 0 saturated carbocycles. The van der Waals surface area contributed by atoms with E-state index < -0.39 is 0 Å². The molecule has 1 fully saturated rings. The Morgan fingerprint density at radius 1 is 1.26 bits per heavy atom. The van der Waals surface area contributed by atoms with Gasteiger partial charge in [0.05, 0.1) is 10.6 Å². The predicted molar refractivity (Wildman–Crippen MR) is 96.0 cm³/mol. The van der Waals surface area contributed by atoms with Crippen molar-refractivity contribution in [3.63, 3.8) is 0 Å². The number of rotatable bonds is 3. The van der Waals surface area contributed by atoms with Crippen molar-refractivity contribution >= 4 is 28.5 Å². The molecule has 23 heavy (non-hydrogen) atoms. The SMILES string of the molecule is NC(=Nc1ccc2c(c1)N(C1CCOCC1)CC2)c1cccs1. The monoisotopic (exact) mass is 327 g/mol. The van der Waals surface area contributed by atoms with Crippen LogP contribution in [0.2, 0.25) is 0 Å². The lowest BCUT2D eigenvalue weighted by atomic mass is 10.1. The second kappa shape index (κ2) is 6.34. The van der Waals surface area contributed by atoms with Crippen molar-refractivity contribution in [2.45, 2.75) is 25.3 Å². The average molecular weight is 327 g/mol. The summed E-state index contributed by atoms with van der Waals surface area (Å²) in [6, 6.07) is 11.1. The van der Waals surface area contributed by atoms with Gasteiger partial charge in [0.2, 0.25) is 0 Å². The third kappa shape index (κ3) is 2.99. The molecule has 0 aliphatic carbocycles. The largest absolute Gasteiger partial charge is 0.383 e. The molecule has 2 N–H and O–H groups in total. The van der Waals surface area contributed by atoms with Crippen molar-refractivity contribution in [2.75, 3.05) is 24.7 Å². The number of ether oxygens (including phenoxy) is 1. The molecule has 0 spiro atoms. The minimum absolute atomic E-state index is 0.593. The fraction of sp³-hybridized carbons (Fsp3) is 0.389. The molecule has 3 heterocycles. The Hall–Kier alpha value is -1.85. The first-order valence-corrected chi connectivity index (χ1v) is 9.04. The zero-order chi connectivity index (χ0) is 15.6. The lowest BCUT2D eigenvalue weighted by Crippen LogP contribution is -2.38. The molecule has 5 heteroatoms. The van der Waals surface area contributed by atoms with Crippen molar-refractivity contribution in [1.82, 2.24) is 0 Å². The van der Waals surface area contributed by atoms with Gasteiger partial charge in [-0.05, 0) is 48.4 Å². The fourth-order valence-corrected chi connectivity index (χ4v) is 4.08. The zero-order valence-corrected chi connectivity index (χ0v) is 13.9. The molecule has 2 aliphatic heterocycles. The van der Waals surface area contributed by atoms with Gasteiger partial charge in [0.1, 0.15) is 5.84 Å². The third-order valence-electron chi connectivity index (χ3n) is 4.66. The van der Waals surface area contributed by atoms with E-state index in [4.69, 9.17) is 10.5 Å². The van der Waals surface area contributed by atoms with Crippen molar-refractivity contribution in [3.8, 4) is 0 Å². The molecular formula is C18H21N3OS. The maximum Gasteiger partial charge on any atom is 0.141 e. The Labute approximate surface area is 140 Å². The van der Waals surface area contributed by atoms with E-state index in [0.29, 0.717) is 11.9 Å². The number of thiophene rings is 1. The number of nitrogens with two attached hydrogens (primary N) is 1. The van der Waals surface area contributed by atoms with Crippen LogP contribution >= 0.6 is 11.3 Å². The normalized spacial score (nSPS) is 19.1. The maximum atomic E-state index is 6.12. The number of benzene rings is 1. The molecule has 4 nitrogen and oxygen atoms in total. The summed E-state index contributed by atoms with van der Waals surface area (Å²) >= 11 is 1.62. The van der Waals surface area contributed by atoms with Crippen LogP contribution in [-0.4, -0.2) is 31.6 Å². The number of amidine groups is 1. The summed E-state index contributed by atoms with van der Waals surface area (Å²) in [5, 5.41) is 2.02. The molecule has 1 saturated heterocycles. The van der Waals surface area contributed by atoms with Crippen LogP contribution < -0.4 is 10.6 Å². The lowest BCUT2D eigenvalue weighted by molar-refractivity contribution is 0.0848. The van der Waals surface area contributed by atoms with Crippen LogP contribution in [0.15, 0.2) is 40.7 Å². The van der Waals surface area contributed by atoms with E-state index in [2.05, 4.69) is 28.1 Å². The van der Waals surface area contributed by atoms with Gasteiger partial charge in [0, 0.05) is 31.5 Å². The van der Waals surface area contributed by atoms with Crippen LogP contribution in [0.3, 0.4) is 0 Å². The van der Waals surface area contributed by atoms with Crippen LogP contribution in [0, 0.1) is 0 Å². The molecule has 0 amide bonds. The highest BCUT2D eigenvalue weighted by atomic mass is 32.1. The molecule has 4 rings (SSSR count). The minimum Gasteiger partial charge on any atom is -0.383 e. The van der Waals surface area contributed by atoms with E-state index in [9.17, 15) is 0 Å². The van der Waals surface area contributed by atoms with Crippen LogP contribution in [-0.2, 0) is 11.2 Å². The molecular weight excluding hydrogens is 306 g/mol. The second-order valence-corrected chi connectivity index (χ2v) is 7.02. The Kier molecular flexibility index (Phi) is 4.06. The molecule has 0 unspecified atom stereocenters. The highest BCUT2D eigenvalue weighted by molar-refractivity contribution is 7.12. The van der Waals surface area contributed by atoms with Crippen LogP contribution in [0.1, 0.15) is 23.3 Å². The van der Waals surface area contributed by atoms with Gasteiger partial charge in [0.15, 0.2) is 0 Å². The van der Waals surface area contributed by atoms with Crippen molar-refractivity contribution < 1.29 is 4.74 Å². The van der Waals surface area contributed by atoms with Gasteiger partial charge in [0.25, 0.3) is 0 Å². The van der Waals surface area contributed by atoms with Gasteiger partial charge in [-0.1, -0.05) is 12.1 Å². The first-order valence-electron chi connectivity index (χ1n) is 8.16. The quantitative estimate of drug-likeness (QED) is 0.695. The summed E-state index contributed by atoms with van der Waals surface area (Å²) < 4.78 is 5.50. The summed E-state index contributed by atoms with van der Waals surface area (Å²) in [6.45, 7) is 2.85. The van der Waals surface area contributed by atoms with E-state index in [-0.39, 0.29) is 0 Å². The third-order valence-corrected chi connectivity index (χ3v) is 5.55. The van der Waals surface area contributed by atoms with E-state index in [1.165, 1.54) is 11.3 Å². The first-order chi connectivity index (χ1) is 11.3. The molecule has 120 valence electrons. The summed E-state index contributed by atoms with van der Waals surface area (Å²) in [6.07, 6.45) is 3.35. The summed E-state index contributed by atoms with van der Waals surface area (Å²) in [7, 11) is 0. The highest BCUT2D eigenvalue weighted by Gasteiger charge is 2.27. The van der Waals surface area contributed by atoms with Crippen LogP contribution in [0.5, 0.6) is 0 Å². The maximum absolute atomic E-state index is 6.12. The topological polar surface area (TPSA) is 50.8 Å². The number of hydrogen-bond acceptors (Lipinski definition) is 4. The molecule has 1 aromatic heterocycles. The van der Waals surface area contributed by atoms with Crippen LogP contribution in [0.25, 0.3) is 0 Å². The van der Waals surface area contributed by atoms with Gasteiger partial charge in [-0.25, -0.2) is 4.99 Å². The van der Waals surface area contributed by atoms with Crippen molar-refractivity contribution in [3.05, 3.63) is 46.2 Å². The molecule has 0 bridgehead atoms. The van der Waals surface area contributed by atoms with E-state index in [1.54, 1.807) is 11.3 Å². The van der Waals surface area contributed by atoms with Gasteiger partial charge in [-0.15, -0.1) is 11.3 Å². The molecule has 0 radical (unpaired) electrons. The van der Waals surface area contributed by atoms with Gasteiger partial charge in [-0.3, -0.25) is 0 Å². The molecule has 2 aliphatic rings. The second-order valence-electron chi connectivity index (χ2n) is 6.07. The Bertz CT molecular complexity index is 705. The number of anilines is 1. The fourth-order valence-electron chi connectivity index (χ4n) is 3.46. The average Bonchev–Trinajstić information content (AvgIpc) is 3.25. The van der Waals surface area contributed by atoms with Gasteiger partial charge < -0.3 is 15.4 Å². The number of hydrogen-bond donors (Lipinski definition) is 1. The summed E-state index contributed by atoms with van der Waals surface area (Å²) in [4.78, 5) is 8.17. The standard InChI is InChI=1S/C18H21N3OS/c19-18(17-2-1-11-23-17)20-14-4-3-13-5-8-21(16(13)12-14)15-6-9-22-10-7-15/h1-4,11-12,15H,5-10H2,(H2,19,20). The Balaban J connectivity index is 1.61. The van der Waals surface area contributed by atoms with E-state index >= 15 is 0 Å². The number of fused-ring (bicyclic) bond motifs is 1. The molecule has 1 aromatic carbocycles. The lowest BCUT2D eigenvalue weighted by Gasteiger charge is -2.33. The first kappa shape index (κ1) is 14.7. The van der Waals surface area contributed by atoms with Gasteiger partial charge >= 0.3 is 0 Å². The minimum atomic E-state index is 0.593. The summed E-state index contributed by atoms with van der Waals surface area (Å²) in [5.41, 5.74) is 9.82. The van der Waals surface area contributed by atoms with Gasteiger partial charge in [-0.2, -0.15) is 0 Å². The summed E-state index contributed by atoms with van der Waals surface area (Å²) in [5.74, 6) is 0.593. The highest BCUT2D eigenvalue weighted by Crippen LogP contribution is 2.35. The molecule has 0 atom stereocenters. The van der Waals surface area contributed by atoms with Crippen molar-refractivity contribution in [2.24, 2.45) is 10.7 Å². The zero-order valence-electron chi connectivity index (χ0n) is 13.1. The Morgan fingerprint density at radius 3 is 2.91 bits per heavy atom. The van der Waals surface area contributed by atoms with E-state index in [1.807, 2.05) is 17.5 Å².